The van der Waals surface area contributed by atoms with Crippen molar-refractivity contribution >= 4 is 21.6 Å². The van der Waals surface area contributed by atoms with Crippen LogP contribution in [0.1, 0.15) is 161 Å². The molecule has 1 heterocycles. The van der Waals surface area contributed by atoms with E-state index in [9.17, 15) is 39.0 Å². The number of hydrogen-bond donors (Lipinski definition) is 6. The number of carbonyl (C=O) groups excluding carboxylic acids is 1. The molecule has 2 unspecified atom stereocenters. The van der Waals surface area contributed by atoms with Crippen LogP contribution in [0.4, 0.5) is 0 Å². The molecular formula is C54H87NO12P2. The van der Waals surface area contributed by atoms with E-state index in [0.29, 0.717) is 6.42 Å². The highest BCUT2D eigenvalue weighted by molar-refractivity contribution is 7.61. The zero-order chi connectivity index (χ0) is 52.3. The minimum absolute atomic E-state index is 0.431. The number of rotatable bonds is 30. The smallest absolute Gasteiger partial charge is 0.394 e. The zero-order valence-corrected chi connectivity index (χ0v) is 45.7. The first-order valence-corrected chi connectivity index (χ1v) is 27.0. The summed E-state index contributed by atoms with van der Waals surface area (Å²) in [6.07, 6.45) is 27.8. The second-order valence-electron chi connectivity index (χ2n) is 19.0. The van der Waals surface area contributed by atoms with Crippen LogP contribution in [0.25, 0.3) is 0 Å². The largest absolute Gasteiger partial charge is 0.483 e. The van der Waals surface area contributed by atoms with Gasteiger partial charge in [0.25, 0.3) is 0 Å². The number of aliphatic hydroxyl groups excluding tert-OH is 3. The van der Waals surface area contributed by atoms with E-state index in [1.54, 1.807) is 6.92 Å². The summed E-state index contributed by atoms with van der Waals surface area (Å²) >= 11 is 0. The first-order chi connectivity index (χ1) is 32.2. The van der Waals surface area contributed by atoms with Crippen molar-refractivity contribution in [2.75, 3.05) is 13.2 Å². The summed E-state index contributed by atoms with van der Waals surface area (Å²) in [7, 11) is -10.6. The molecule has 1 amide bonds. The monoisotopic (exact) mass is 1000 g/mol. The Bertz CT molecular complexity index is 2100. The summed E-state index contributed by atoms with van der Waals surface area (Å²) < 4.78 is 44.4. The van der Waals surface area contributed by atoms with Gasteiger partial charge < -0.3 is 35.2 Å². The third kappa shape index (κ3) is 30.3. The number of carbonyl (C=O) groups is 1. The number of ether oxygens (including phenoxy) is 1. The van der Waals surface area contributed by atoms with Crippen LogP contribution in [0.5, 0.6) is 0 Å². The van der Waals surface area contributed by atoms with Crippen molar-refractivity contribution in [3.8, 4) is 0 Å². The second kappa shape index (κ2) is 33.4. The lowest BCUT2D eigenvalue weighted by molar-refractivity contribution is -0.247. The van der Waals surface area contributed by atoms with Gasteiger partial charge in [-0.15, -0.1) is 0 Å². The molecule has 0 spiro atoms. The van der Waals surface area contributed by atoms with Gasteiger partial charge in [0, 0.05) is 6.92 Å². The molecule has 15 heteroatoms. The lowest BCUT2D eigenvalue weighted by Gasteiger charge is -2.42. The molecule has 0 radical (unpaired) electrons. The van der Waals surface area contributed by atoms with Crippen LogP contribution in [0.2, 0.25) is 0 Å². The maximum absolute atomic E-state index is 12.6. The van der Waals surface area contributed by atoms with Crippen LogP contribution < -0.4 is 5.32 Å². The highest BCUT2D eigenvalue weighted by Crippen LogP contribution is 2.61. The van der Waals surface area contributed by atoms with Crippen LogP contribution in [-0.2, 0) is 32.0 Å². The van der Waals surface area contributed by atoms with Crippen molar-refractivity contribution in [1.29, 1.82) is 0 Å². The van der Waals surface area contributed by atoms with E-state index < -0.39 is 65.4 Å². The van der Waals surface area contributed by atoms with Gasteiger partial charge in [-0.2, -0.15) is 4.31 Å². The molecule has 13 nitrogen and oxygen atoms in total. The molecule has 1 aliphatic heterocycles. The topological polar surface area (TPSA) is 201 Å². The fourth-order valence-corrected chi connectivity index (χ4v) is 8.69. The van der Waals surface area contributed by atoms with E-state index in [2.05, 4.69) is 134 Å². The molecule has 1 fully saturated rings. The maximum atomic E-state index is 12.6. The Morgan fingerprint density at radius 3 is 1.20 bits per heavy atom. The van der Waals surface area contributed by atoms with Crippen molar-refractivity contribution in [2.24, 2.45) is 0 Å². The van der Waals surface area contributed by atoms with Crippen LogP contribution in [0.15, 0.2) is 128 Å². The standard InChI is InChI=1S/C54H87NO12P2/c1-38(2)15-14-16-39(3)17-18-40(4)19-20-41(5)21-22-42(6)23-24-43(7)25-26-44(8)27-28-45(9)29-30-46(10)31-32-47(11)33-34-48(12)35-36-64-68(60,61)67-69(62,63)66-54-51(55-49(13)57)53(59)52(58)50(37-56)65-54/h15,17,19,21,23,25,27,29,31,33,35,50-54,56,58-59H,14,16,18,20,22,24,26,28,30,32,34,36-37H2,1-13H3,(H,55,57)(H,60,61)(H,62,63)/b39-17+,40-19-,41-21-,42-23-,43-25-,44-27-,45-29-,46-31-,47-33-,48-35-/t50-,51-,52+,53-,54-/m1/s1. The maximum Gasteiger partial charge on any atom is 0.483 e. The Morgan fingerprint density at radius 1 is 0.522 bits per heavy atom. The van der Waals surface area contributed by atoms with Crippen LogP contribution in [-0.4, -0.2) is 74.9 Å². The minimum Gasteiger partial charge on any atom is -0.394 e. The van der Waals surface area contributed by atoms with Gasteiger partial charge in [-0.1, -0.05) is 128 Å². The van der Waals surface area contributed by atoms with Gasteiger partial charge in [-0.3, -0.25) is 13.8 Å². The number of phosphoric ester groups is 2. The summed E-state index contributed by atoms with van der Waals surface area (Å²) in [5, 5.41) is 32.1. The SMILES string of the molecule is CC(=O)N[C@H]1[C@@H](OP(=O)(O)OP(=O)(O)OC/C=C(/C)C/C=C(/C)C/C=C(/C)C/C=C(/C)C/C=C(/C)C/C=C(/C)C/C=C(/C)C/C=C(/C)C/C=C(/C)C/C=C(\C)CCC=C(C)C)O[C@H](CO)[C@H](O)[C@@H]1O. The van der Waals surface area contributed by atoms with Gasteiger partial charge in [0.05, 0.1) is 13.2 Å². The fraction of sp³-hybridized carbons (Fsp3) is 0.574. The molecule has 1 saturated heterocycles. The lowest BCUT2D eigenvalue weighted by atomic mass is 9.97. The van der Waals surface area contributed by atoms with Crippen molar-refractivity contribution in [3.63, 3.8) is 0 Å². The highest BCUT2D eigenvalue weighted by atomic mass is 31.3. The predicted molar refractivity (Wildman–Crippen MR) is 281 cm³/mol. The number of hydrogen-bond acceptors (Lipinski definition) is 10. The number of aliphatic hydroxyl groups is 3. The molecule has 7 atom stereocenters. The first-order valence-electron chi connectivity index (χ1n) is 24.0. The van der Waals surface area contributed by atoms with E-state index >= 15 is 0 Å². The number of phosphoric acid groups is 2. The van der Waals surface area contributed by atoms with Crippen molar-refractivity contribution in [1.82, 2.24) is 5.32 Å². The molecular weight excluding hydrogens is 917 g/mol. The van der Waals surface area contributed by atoms with Gasteiger partial charge in [0.2, 0.25) is 5.91 Å². The Kier molecular flexibility index (Phi) is 30.8. The summed E-state index contributed by atoms with van der Waals surface area (Å²) in [6, 6.07) is -1.59. The van der Waals surface area contributed by atoms with Crippen LogP contribution in [0.3, 0.4) is 0 Å². The molecule has 1 aliphatic rings. The molecule has 0 aliphatic carbocycles. The minimum atomic E-state index is -5.43. The first kappa shape index (κ1) is 63.7. The predicted octanol–water partition coefficient (Wildman–Crippen LogP) is 12.9. The van der Waals surface area contributed by atoms with E-state index in [1.807, 2.05) is 13.0 Å². The molecule has 0 bridgehead atoms. The van der Waals surface area contributed by atoms with Gasteiger partial charge in [0.15, 0.2) is 6.29 Å². The molecule has 6 N–H and O–H groups in total. The normalized spacial score (nSPS) is 22.9. The Morgan fingerprint density at radius 2 is 0.870 bits per heavy atom. The van der Waals surface area contributed by atoms with Gasteiger partial charge in [0.1, 0.15) is 24.4 Å². The average molecular weight is 1000 g/mol. The fourth-order valence-electron chi connectivity index (χ4n) is 6.60. The number of amides is 1. The van der Waals surface area contributed by atoms with E-state index in [1.165, 1.54) is 56.2 Å². The van der Waals surface area contributed by atoms with Gasteiger partial charge >= 0.3 is 15.6 Å². The highest BCUT2D eigenvalue weighted by Gasteiger charge is 2.49. The summed E-state index contributed by atoms with van der Waals surface area (Å²) in [4.78, 5) is 31.9. The molecule has 69 heavy (non-hydrogen) atoms. The quantitative estimate of drug-likeness (QED) is 0.0294. The van der Waals surface area contributed by atoms with Crippen LogP contribution in [0, 0.1) is 0 Å². The van der Waals surface area contributed by atoms with Crippen LogP contribution >= 0.6 is 15.6 Å². The summed E-state index contributed by atoms with van der Waals surface area (Å²) in [6.45, 7) is 25.6. The molecule has 1 rings (SSSR count). The number of allylic oxidation sites excluding steroid dienone is 21. The summed E-state index contributed by atoms with van der Waals surface area (Å²) in [5.41, 5.74) is 14.3. The molecule has 0 aromatic rings. The van der Waals surface area contributed by atoms with E-state index in [-0.39, 0.29) is 0 Å². The molecule has 390 valence electrons. The van der Waals surface area contributed by atoms with Gasteiger partial charge in [-0.05, 0) is 154 Å². The van der Waals surface area contributed by atoms with Crippen molar-refractivity contribution in [2.45, 2.75) is 191 Å². The van der Waals surface area contributed by atoms with Crippen molar-refractivity contribution < 1.29 is 57.1 Å². The Labute approximate surface area is 415 Å². The van der Waals surface area contributed by atoms with E-state index in [0.717, 1.165) is 82.3 Å². The average Bonchev–Trinajstić information content (AvgIpc) is 3.26. The molecule has 0 aromatic carbocycles. The third-order valence-electron chi connectivity index (χ3n) is 11.4. The summed E-state index contributed by atoms with van der Waals surface area (Å²) in [5.74, 6) is -0.712. The molecule has 0 aromatic heterocycles. The third-order valence-corrected chi connectivity index (χ3v) is 14.0. The van der Waals surface area contributed by atoms with E-state index in [4.69, 9.17) is 13.8 Å². The Balaban J connectivity index is 2.55. The lowest BCUT2D eigenvalue weighted by Crippen LogP contribution is -2.64. The Hall–Kier alpha value is -3.29. The number of nitrogens with one attached hydrogen (secondary N) is 1. The molecule has 0 saturated carbocycles. The van der Waals surface area contributed by atoms with Crippen molar-refractivity contribution in [3.05, 3.63) is 128 Å². The second-order valence-corrected chi connectivity index (χ2v) is 22.0. The van der Waals surface area contributed by atoms with Gasteiger partial charge in [-0.25, -0.2) is 9.13 Å². The zero-order valence-electron chi connectivity index (χ0n) is 43.9.